The van der Waals surface area contributed by atoms with Gasteiger partial charge in [0.15, 0.2) is 0 Å². The van der Waals surface area contributed by atoms with Crippen LogP contribution in [-0.4, -0.2) is 47.2 Å². The van der Waals surface area contributed by atoms with E-state index in [9.17, 15) is 9.59 Å². The molecule has 1 unspecified atom stereocenters. The molecule has 0 aliphatic carbocycles. The van der Waals surface area contributed by atoms with E-state index in [4.69, 9.17) is 9.84 Å². The van der Waals surface area contributed by atoms with E-state index >= 15 is 0 Å². The van der Waals surface area contributed by atoms with Crippen molar-refractivity contribution in [1.29, 1.82) is 0 Å². The topological polar surface area (TPSA) is 66.8 Å². The number of aliphatic carboxylic acids is 1. The van der Waals surface area contributed by atoms with Gasteiger partial charge in [-0.25, -0.2) is 0 Å². The van der Waals surface area contributed by atoms with Crippen molar-refractivity contribution in [3.63, 3.8) is 0 Å². The molecule has 0 spiro atoms. The highest BCUT2D eigenvalue weighted by Crippen LogP contribution is 2.32. The Labute approximate surface area is 101 Å². The summed E-state index contributed by atoms with van der Waals surface area (Å²) in [7, 11) is 0. The van der Waals surface area contributed by atoms with Crippen LogP contribution >= 0.6 is 0 Å². The fourth-order valence-corrected chi connectivity index (χ4v) is 2.51. The molecule has 1 amide bonds. The Hall–Kier alpha value is -1.10. The van der Waals surface area contributed by atoms with Crippen LogP contribution in [-0.2, 0) is 14.3 Å². The third-order valence-corrected chi connectivity index (χ3v) is 3.81. The first-order valence-electron chi connectivity index (χ1n) is 6.10. The molecule has 5 nitrogen and oxygen atoms in total. The molecule has 2 rings (SSSR count). The van der Waals surface area contributed by atoms with Gasteiger partial charge in [-0.15, -0.1) is 0 Å². The summed E-state index contributed by atoms with van der Waals surface area (Å²) in [5.41, 5.74) is -0.792. The molecule has 5 heteroatoms. The van der Waals surface area contributed by atoms with Crippen LogP contribution in [0.2, 0.25) is 0 Å². The molecule has 2 heterocycles. The van der Waals surface area contributed by atoms with Gasteiger partial charge in [0.1, 0.15) is 6.10 Å². The van der Waals surface area contributed by atoms with Crippen LogP contribution in [0, 0.1) is 5.41 Å². The molecule has 96 valence electrons. The maximum atomic E-state index is 12.1. The molecule has 3 atom stereocenters. The lowest BCUT2D eigenvalue weighted by atomic mass is 9.90. The normalized spacial score (nSPS) is 37.4. The first-order valence-corrected chi connectivity index (χ1v) is 6.10. The molecule has 0 bridgehead atoms. The number of rotatable bonds is 2. The van der Waals surface area contributed by atoms with E-state index in [1.165, 1.54) is 0 Å². The molecular weight excluding hydrogens is 222 g/mol. The van der Waals surface area contributed by atoms with Gasteiger partial charge in [0.2, 0.25) is 0 Å². The number of hydrogen-bond donors (Lipinski definition) is 1. The van der Waals surface area contributed by atoms with Gasteiger partial charge in [-0.05, 0) is 33.1 Å². The first kappa shape index (κ1) is 12.4. The van der Waals surface area contributed by atoms with Gasteiger partial charge in [0.05, 0.1) is 11.5 Å². The van der Waals surface area contributed by atoms with Crippen molar-refractivity contribution in [3.8, 4) is 0 Å². The molecule has 2 aliphatic rings. The lowest BCUT2D eigenvalue weighted by Gasteiger charge is -2.22. The molecule has 1 N–H and O–H groups in total. The molecule has 2 fully saturated rings. The summed E-state index contributed by atoms with van der Waals surface area (Å²) in [4.78, 5) is 24.8. The lowest BCUT2D eigenvalue weighted by molar-refractivity contribution is -0.148. The number of nitrogens with zero attached hydrogens (tertiary/aromatic N) is 1. The number of hydrogen-bond acceptors (Lipinski definition) is 3. The predicted molar refractivity (Wildman–Crippen MR) is 60.5 cm³/mol. The zero-order valence-electron chi connectivity index (χ0n) is 10.3. The van der Waals surface area contributed by atoms with Crippen molar-refractivity contribution < 1.29 is 19.4 Å². The zero-order chi connectivity index (χ0) is 12.6. The van der Waals surface area contributed by atoms with Crippen LogP contribution in [0.1, 0.15) is 33.1 Å². The summed E-state index contributed by atoms with van der Waals surface area (Å²) < 4.78 is 5.53. The van der Waals surface area contributed by atoms with Crippen LogP contribution in [0.5, 0.6) is 0 Å². The Kier molecular flexibility index (Phi) is 3.12. The Morgan fingerprint density at radius 1 is 1.41 bits per heavy atom. The smallest absolute Gasteiger partial charge is 0.311 e. The Morgan fingerprint density at radius 2 is 2.12 bits per heavy atom. The van der Waals surface area contributed by atoms with Crippen LogP contribution in [0.15, 0.2) is 0 Å². The number of carboxylic acid groups (broad SMARTS) is 1. The minimum Gasteiger partial charge on any atom is -0.481 e. The molecule has 0 aromatic heterocycles. The summed E-state index contributed by atoms with van der Waals surface area (Å²) in [6.45, 7) is 4.48. The van der Waals surface area contributed by atoms with Crippen LogP contribution < -0.4 is 0 Å². The Balaban J connectivity index is 1.97. The fourth-order valence-electron chi connectivity index (χ4n) is 2.51. The first-order chi connectivity index (χ1) is 7.92. The van der Waals surface area contributed by atoms with Crippen LogP contribution in [0.3, 0.4) is 0 Å². The van der Waals surface area contributed by atoms with Gasteiger partial charge in [-0.3, -0.25) is 9.59 Å². The van der Waals surface area contributed by atoms with Gasteiger partial charge < -0.3 is 14.7 Å². The number of ether oxygens (including phenoxy) is 1. The van der Waals surface area contributed by atoms with Crippen molar-refractivity contribution in [2.75, 3.05) is 13.1 Å². The van der Waals surface area contributed by atoms with Gasteiger partial charge in [-0.1, -0.05) is 0 Å². The van der Waals surface area contributed by atoms with Crippen molar-refractivity contribution >= 4 is 11.9 Å². The fraction of sp³-hybridized carbons (Fsp3) is 0.833. The maximum Gasteiger partial charge on any atom is 0.311 e. The van der Waals surface area contributed by atoms with Gasteiger partial charge in [-0.2, -0.15) is 0 Å². The highest BCUT2D eigenvalue weighted by molar-refractivity contribution is 5.83. The van der Waals surface area contributed by atoms with E-state index in [1.54, 1.807) is 11.8 Å². The second-order valence-electron chi connectivity index (χ2n) is 5.39. The number of carbonyl (C=O) groups is 2. The number of likely N-dealkylation sites (tertiary alicyclic amines) is 1. The van der Waals surface area contributed by atoms with Crippen molar-refractivity contribution in [1.82, 2.24) is 4.90 Å². The van der Waals surface area contributed by atoms with Crippen LogP contribution in [0.25, 0.3) is 0 Å². The quantitative estimate of drug-likeness (QED) is 0.779. The molecule has 0 saturated carbocycles. The van der Waals surface area contributed by atoms with E-state index in [0.717, 1.165) is 12.8 Å². The van der Waals surface area contributed by atoms with E-state index < -0.39 is 11.4 Å². The summed E-state index contributed by atoms with van der Waals surface area (Å²) in [5.74, 6) is -0.868. The van der Waals surface area contributed by atoms with Gasteiger partial charge in [0, 0.05) is 13.1 Å². The third kappa shape index (κ3) is 2.29. The average molecular weight is 241 g/mol. The number of amides is 1. The highest BCUT2D eigenvalue weighted by atomic mass is 16.5. The molecule has 0 aromatic carbocycles. The summed E-state index contributed by atoms with van der Waals surface area (Å²) >= 11 is 0. The minimum atomic E-state index is -0.825. The molecule has 2 saturated heterocycles. The molecular formula is C12H19NO4. The Bertz CT molecular complexity index is 343. The van der Waals surface area contributed by atoms with Crippen molar-refractivity contribution in [3.05, 3.63) is 0 Å². The van der Waals surface area contributed by atoms with E-state index in [-0.39, 0.29) is 18.1 Å². The van der Waals surface area contributed by atoms with E-state index in [1.807, 2.05) is 6.92 Å². The number of carbonyl (C=O) groups excluding carboxylic acids is 1. The molecule has 17 heavy (non-hydrogen) atoms. The van der Waals surface area contributed by atoms with Crippen molar-refractivity contribution in [2.45, 2.75) is 45.3 Å². The third-order valence-electron chi connectivity index (χ3n) is 3.81. The van der Waals surface area contributed by atoms with E-state index in [2.05, 4.69) is 0 Å². The largest absolute Gasteiger partial charge is 0.481 e. The SMILES string of the molecule is C[C@@H]1CC[C@H](C(=O)N2CCC(C)(C(=O)O)C2)O1. The minimum absolute atomic E-state index is 0.0423. The lowest BCUT2D eigenvalue weighted by Crippen LogP contribution is -2.40. The average Bonchev–Trinajstić information content (AvgIpc) is 2.85. The molecule has 0 radical (unpaired) electrons. The second kappa shape index (κ2) is 4.29. The van der Waals surface area contributed by atoms with Crippen LogP contribution in [0.4, 0.5) is 0 Å². The van der Waals surface area contributed by atoms with Gasteiger partial charge >= 0.3 is 5.97 Å². The monoisotopic (exact) mass is 241 g/mol. The van der Waals surface area contributed by atoms with Crippen molar-refractivity contribution in [2.24, 2.45) is 5.41 Å². The summed E-state index contributed by atoms with van der Waals surface area (Å²) in [6, 6.07) is 0. The summed E-state index contributed by atoms with van der Waals surface area (Å²) in [5, 5.41) is 9.11. The van der Waals surface area contributed by atoms with E-state index in [0.29, 0.717) is 19.5 Å². The highest BCUT2D eigenvalue weighted by Gasteiger charge is 2.44. The standard InChI is InChI=1S/C12H19NO4/c1-8-3-4-9(17-8)10(14)13-6-5-12(2,7-13)11(15)16/h8-9H,3-7H2,1-2H3,(H,15,16)/t8-,9-,12?/m1/s1. The maximum absolute atomic E-state index is 12.1. The molecule has 2 aliphatic heterocycles. The predicted octanol–water partition coefficient (Wildman–Crippen LogP) is 0.877. The zero-order valence-corrected chi connectivity index (χ0v) is 10.3. The summed E-state index contributed by atoms with van der Waals surface area (Å²) in [6.07, 6.45) is 1.95. The van der Waals surface area contributed by atoms with Gasteiger partial charge in [0.25, 0.3) is 5.91 Å². The second-order valence-corrected chi connectivity index (χ2v) is 5.39. The Morgan fingerprint density at radius 3 is 2.59 bits per heavy atom. The number of carboxylic acids is 1. The molecule has 0 aromatic rings.